The predicted octanol–water partition coefficient (Wildman–Crippen LogP) is 1.30. The maximum Gasteiger partial charge on any atom is 0.417 e. The van der Waals surface area contributed by atoms with Crippen molar-refractivity contribution in [3.8, 4) is 0 Å². The fraction of sp³-hybridized carbons (Fsp3) is 0.200. The molecule has 0 atom stereocenters. The van der Waals surface area contributed by atoms with Gasteiger partial charge < -0.3 is 9.73 Å². The molecule has 1 heterocycles. The zero-order valence-corrected chi connectivity index (χ0v) is 9.21. The lowest BCUT2D eigenvalue weighted by Crippen LogP contribution is -2.19. The number of hydrogen-bond acceptors (Lipinski definition) is 3. The van der Waals surface area contributed by atoms with E-state index in [-0.39, 0.29) is 5.24 Å². The van der Waals surface area contributed by atoms with Crippen molar-refractivity contribution in [3.63, 3.8) is 0 Å². The molecule has 2 N–H and O–H groups in total. The van der Waals surface area contributed by atoms with Gasteiger partial charge in [0.25, 0.3) is 5.24 Å². The first-order chi connectivity index (χ1) is 7.65. The highest BCUT2D eigenvalue weighted by Gasteiger charge is 2.02. The molecule has 0 unspecified atom stereocenters. The van der Waals surface area contributed by atoms with Gasteiger partial charge in [-0.2, -0.15) is 0 Å². The highest BCUT2D eigenvalue weighted by molar-refractivity contribution is 7.96. The number of H-pyrrole nitrogens is 1. The van der Waals surface area contributed by atoms with Crippen molar-refractivity contribution in [2.45, 2.75) is 6.42 Å². The van der Waals surface area contributed by atoms with E-state index in [0.717, 1.165) is 5.56 Å². The van der Waals surface area contributed by atoms with Crippen molar-refractivity contribution in [3.05, 3.63) is 34.3 Å². The predicted molar refractivity (Wildman–Crippen MR) is 62.9 cm³/mol. The first-order valence-electron chi connectivity index (χ1n) is 4.74. The number of oxazole rings is 1. The van der Waals surface area contributed by atoms with Gasteiger partial charge in [0.1, 0.15) is 0 Å². The second kappa shape index (κ2) is 4.44. The van der Waals surface area contributed by atoms with Crippen LogP contribution in [0.4, 0.5) is 4.79 Å². The zero-order valence-electron chi connectivity index (χ0n) is 8.32. The van der Waals surface area contributed by atoms with Crippen LogP contribution < -0.4 is 11.1 Å². The number of fused-ring (bicyclic) bond motifs is 1. The van der Waals surface area contributed by atoms with E-state index in [1.54, 1.807) is 6.07 Å². The summed E-state index contributed by atoms with van der Waals surface area (Å²) >= 11 is 3.59. The molecule has 0 aliphatic carbocycles. The molecule has 6 heteroatoms. The molecule has 0 aliphatic rings. The van der Waals surface area contributed by atoms with Crippen LogP contribution in [0.2, 0.25) is 0 Å². The molecule has 0 saturated heterocycles. The monoisotopic (exact) mass is 238 g/mol. The van der Waals surface area contributed by atoms with Crippen LogP contribution >= 0.6 is 12.6 Å². The van der Waals surface area contributed by atoms with Crippen LogP contribution in [0.3, 0.4) is 0 Å². The maximum absolute atomic E-state index is 10.9. The van der Waals surface area contributed by atoms with Crippen molar-refractivity contribution < 1.29 is 9.21 Å². The van der Waals surface area contributed by atoms with Gasteiger partial charge in [-0.3, -0.25) is 9.78 Å². The fourth-order valence-electron chi connectivity index (χ4n) is 1.47. The molecular weight excluding hydrogens is 228 g/mol. The molecule has 2 aromatic rings. The molecular formula is C10H10N2O3S. The smallest absolute Gasteiger partial charge is 0.408 e. The van der Waals surface area contributed by atoms with Crippen molar-refractivity contribution in [2.24, 2.45) is 0 Å². The Balaban J connectivity index is 2.13. The Kier molecular flexibility index (Phi) is 3.00. The molecule has 0 fully saturated rings. The fourth-order valence-corrected chi connectivity index (χ4v) is 1.58. The number of aromatic nitrogens is 1. The third kappa shape index (κ3) is 2.46. The molecule has 1 aromatic heterocycles. The molecule has 1 amide bonds. The molecule has 0 radical (unpaired) electrons. The van der Waals surface area contributed by atoms with Gasteiger partial charge in [-0.25, -0.2) is 4.79 Å². The number of hydrogen-bond donors (Lipinski definition) is 3. The van der Waals surface area contributed by atoms with Gasteiger partial charge in [-0.15, -0.1) is 0 Å². The molecule has 16 heavy (non-hydrogen) atoms. The van der Waals surface area contributed by atoms with Crippen LogP contribution in [-0.2, 0) is 6.42 Å². The van der Waals surface area contributed by atoms with Crippen molar-refractivity contribution >= 4 is 29.0 Å². The standard InChI is InChI=1S/C10H10N2O3S/c13-9-12-7-5-6(1-2-8(7)15-9)3-4-11-10(14)16/h1-2,5H,3-4H2,(H,12,13)(H2,11,14,16). The van der Waals surface area contributed by atoms with Gasteiger partial charge in [-0.1, -0.05) is 18.7 Å². The Bertz CT molecular complexity index is 573. The molecule has 0 bridgehead atoms. The number of thiol groups is 1. The highest BCUT2D eigenvalue weighted by atomic mass is 32.1. The summed E-state index contributed by atoms with van der Waals surface area (Å²) in [7, 11) is 0. The number of carbonyl (C=O) groups excluding carboxylic acids is 1. The summed E-state index contributed by atoms with van der Waals surface area (Å²) in [5.41, 5.74) is 2.21. The van der Waals surface area contributed by atoms with Crippen LogP contribution in [0.5, 0.6) is 0 Å². The van der Waals surface area contributed by atoms with E-state index in [2.05, 4.69) is 22.9 Å². The van der Waals surface area contributed by atoms with Crippen molar-refractivity contribution in [1.82, 2.24) is 10.3 Å². The minimum atomic E-state index is -0.462. The molecule has 5 nitrogen and oxygen atoms in total. The minimum Gasteiger partial charge on any atom is -0.408 e. The highest BCUT2D eigenvalue weighted by Crippen LogP contribution is 2.12. The average molecular weight is 238 g/mol. The van der Waals surface area contributed by atoms with Gasteiger partial charge in [0.2, 0.25) is 0 Å². The third-order valence-electron chi connectivity index (χ3n) is 2.17. The SMILES string of the molecule is O=C(S)NCCc1ccc2oc(=O)[nH]c2c1. The van der Waals surface area contributed by atoms with Gasteiger partial charge in [0.05, 0.1) is 5.52 Å². The van der Waals surface area contributed by atoms with Crippen molar-refractivity contribution in [1.29, 1.82) is 0 Å². The van der Waals surface area contributed by atoms with Gasteiger partial charge >= 0.3 is 5.76 Å². The molecule has 0 spiro atoms. The quantitative estimate of drug-likeness (QED) is 0.705. The summed E-state index contributed by atoms with van der Waals surface area (Å²) in [5.74, 6) is -0.462. The second-order valence-electron chi connectivity index (χ2n) is 3.33. The number of amides is 1. The lowest BCUT2D eigenvalue weighted by atomic mass is 10.1. The van der Waals surface area contributed by atoms with Crippen LogP contribution in [0.1, 0.15) is 5.56 Å². The van der Waals surface area contributed by atoms with Crippen LogP contribution in [0, 0.1) is 0 Å². The van der Waals surface area contributed by atoms with Gasteiger partial charge in [0, 0.05) is 6.54 Å². The van der Waals surface area contributed by atoms with E-state index in [1.165, 1.54) is 0 Å². The topological polar surface area (TPSA) is 75.1 Å². The number of aromatic amines is 1. The Morgan fingerprint density at radius 1 is 1.50 bits per heavy atom. The average Bonchev–Trinajstić information content (AvgIpc) is 2.56. The van der Waals surface area contributed by atoms with E-state index in [0.29, 0.717) is 24.1 Å². The summed E-state index contributed by atoms with van der Waals surface area (Å²) in [4.78, 5) is 24.0. The number of rotatable bonds is 3. The van der Waals surface area contributed by atoms with E-state index < -0.39 is 5.76 Å². The first kappa shape index (κ1) is 10.8. The summed E-state index contributed by atoms with van der Waals surface area (Å²) in [6, 6.07) is 5.40. The lowest BCUT2D eigenvalue weighted by Gasteiger charge is -2.01. The molecule has 0 saturated carbocycles. The van der Waals surface area contributed by atoms with E-state index in [1.807, 2.05) is 12.1 Å². The Labute approximate surface area is 96.2 Å². The summed E-state index contributed by atoms with van der Waals surface area (Å²) < 4.78 is 4.87. The van der Waals surface area contributed by atoms with Crippen molar-refractivity contribution in [2.75, 3.05) is 6.54 Å². The number of carbonyl (C=O) groups is 1. The Morgan fingerprint density at radius 2 is 2.31 bits per heavy atom. The zero-order chi connectivity index (χ0) is 11.5. The summed E-state index contributed by atoms with van der Waals surface area (Å²) in [5, 5.41) is 2.23. The molecule has 2 rings (SSSR count). The molecule has 84 valence electrons. The Hall–Kier alpha value is -1.69. The largest absolute Gasteiger partial charge is 0.417 e. The van der Waals surface area contributed by atoms with E-state index in [9.17, 15) is 9.59 Å². The number of nitrogens with one attached hydrogen (secondary N) is 2. The normalized spacial score (nSPS) is 10.6. The minimum absolute atomic E-state index is 0.349. The van der Waals surface area contributed by atoms with Crippen LogP contribution in [-0.4, -0.2) is 16.8 Å². The van der Waals surface area contributed by atoms with Crippen LogP contribution in [0.25, 0.3) is 11.1 Å². The number of benzene rings is 1. The summed E-state index contributed by atoms with van der Waals surface area (Å²) in [6.45, 7) is 0.510. The summed E-state index contributed by atoms with van der Waals surface area (Å²) in [6.07, 6.45) is 0.676. The van der Waals surface area contributed by atoms with Gasteiger partial charge in [-0.05, 0) is 24.1 Å². The van der Waals surface area contributed by atoms with Crippen LogP contribution in [0.15, 0.2) is 27.4 Å². The Morgan fingerprint density at radius 3 is 3.06 bits per heavy atom. The van der Waals surface area contributed by atoms with E-state index in [4.69, 9.17) is 4.42 Å². The second-order valence-corrected chi connectivity index (χ2v) is 3.73. The molecule has 0 aliphatic heterocycles. The maximum atomic E-state index is 10.9. The molecule has 1 aromatic carbocycles. The van der Waals surface area contributed by atoms with Gasteiger partial charge in [0.15, 0.2) is 5.58 Å². The first-order valence-corrected chi connectivity index (χ1v) is 5.18. The lowest BCUT2D eigenvalue weighted by molar-refractivity contribution is 0.261. The third-order valence-corrected chi connectivity index (χ3v) is 2.33. The van der Waals surface area contributed by atoms with E-state index >= 15 is 0 Å².